The maximum absolute atomic E-state index is 5.11. The Morgan fingerprint density at radius 3 is 2.76 bits per heavy atom. The Bertz CT molecular complexity index is 479. The van der Waals surface area contributed by atoms with Gasteiger partial charge in [-0.05, 0) is 49.2 Å². The monoisotopic (exact) mass is 293 g/mol. The Balaban J connectivity index is 2.23. The van der Waals surface area contributed by atoms with E-state index in [4.69, 9.17) is 4.42 Å². The molecule has 0 aliphatic carbocycles. The zero-order valence-corrected chi connectivity index (χ0v) is 11.6. The van der Waals surface area contributed by atoms with Crippen LogP contribution >= 0.6 is 15.9 Å². The highest BCUT2D eigenvalue weighted by molar-refractivity contribution is 9.10. The number of furan rings is 1. The zero-order valence-electron chi connectivity index (χ0n) is 10.0. The number of nitrogens with one attached hydrogen (secondary N) is 1. The summed E-state index contributed by atoms with van der Waals surface area (Å²) in [6.45, 7) is 2.10. The lowest BCUT2D eigenvalue weighted by Gasteiger charge is -2.17. The molecule has 0 saturated carbocycles. The maximum atomic E-state index is 5.11. The second kappa shape index (κ2) is 5.52. The van der Waals surface area contributed by atoms with Gasteiger partial charge in [-0.1, -0.05) is 28.1 Å². The Morgan fingerprint density at radius 1 is 1.35 bits per heavy atom. The lowest BCUT2D eigenvalue weighted by molar-refractivity contribution is 0.551. The van der Waals surface area contributed by atoms with Crippen LogP contribution in [0, 0.1) is 6.92 Å². The third-order valence-electron chi connectivity index (χ3n) is 2.90. The first kappa shape index (κ1) is 12.4. The van der Waals surface area contributed by atoms with Crippen molar-refractivity contribution in [3.63, 3.8) is 0 Å². The van der Waals surface area contributed by atoms with Crippen molar-refractivity contribution >= 4 is 15.9 Å². The van der Waals surface area contributed by atoms with Crippen LogP contribution in [-0.2, 0) is 6.42 Å². The lowest BCUT2D eigenvalue weighted by atomic mass is 10.00. The van der Waals surface area contributed by atoms with Crippen molar-refractivity contribution in [1.82, 2.24) is 5.32 Å². The van der Waals surface area contributed by atoms with E-state index >= 15 is 0 Å². The van der Waals surface area contributed by atoms with Crippen LogP contribution in [0.2, 0.25) is 0 Å². The Morgan fingerprint density at radius 2 is 2.18 bits per heavy atom. The molecule has 0 bridgehead atoms. The van der Waals surface area contributed by atoms with Crippen molar-refractivity contribution in [2.75, 3.05) is 7.05 Å². The predicted octanol–water partition coefficient (Wildman–Crippen LogP) is 3.85. The SMILES string of the molecule is CNC(Cc1ccoc1)c1ccc(C)cc1Br. The first-order chi connectivity index (χ1) is 8.20. The van der Waals surface area contributed by atoms with E-state index in [1.165, 1.54) is 16.7 Å². The molecule has 1 unspecified atom stereocenters. The van der Waals surface area contributed by atoms with Crippen LogP contribution in [0.1, 0.15) is 22.7 Å². The van der Waals surface area contributed by atoms with E-state index in [-0.39, 0.29) is 0 Å². The van der Waals surface area contributed by atoms with Gasteiger partial charge in [-0.2, -0.15) is 0 Å². The van der Waals surface area contributed by atoms with Crippen LogP contribution in [0.3, 0.4) is 0 Å². The number of likely N-dealkylation sites (N-methyl/N-ethyl adjacent to an activating group) is 1. The van der Waals surface area contributed by atoms with E-state index in [0.717, 1.165) is 10.9 Å². The molecule has 17 heavy (non-hydrogen) atoms. The highest BCUT2D eigenvalue weighted by Crippen LogP contribution is 2.27. The topological polar surface area (TPSA) is 25.2 Å². The molecule has 0 saturated heterocycles. The summed E-state index contributed by atoms with van der Waals surface area (Å²) in [7, 11) is 1.98. The number of aryl methyl sites for hydroxylation is 1. The van der Waals surface area contributed by atoms with Crippen LogP contribution in [-0.4, -0.2) is 7.05 Å². The summed E-state index contributed by atoms with van der Waals surface area (Å²) in [5, 5.41) is 3.35. The molecular weight excluding hydrogens is 278 g/mol. The fraction of sp³-hybridized carbons (Fsp3) is 0.286. The van der Waals surface area contributed by atoms with Crippen molar-refractivity contribution in [1.29, 1.82) is 0 Å². The molecule has 2 aromatic rings. The van der Waals surface area contributed by atoms with Crippen LogP contribution in [0.5, 0.6) is 0 Å². The minimum absolute atomic E-state index is 0.294. The normalized spacial score (nSPS) is 12.6. The first-order valence-corrected chi connectivity index (χ1v) is 6.44. The summed E-state index contributed by atoms with van der Waals surface area (Å²) in [5.41, 5.74) is 3.75. The Hall–Kier alpha value is -1.06. The van der Waals surface area contributed by atoms with Gasteiger partial charge in [-0.15, -0.1) is 0 Å². The number of hydrogen-bond acceptors (Lipinski definition) is 2. The molecule has 0 aliphatic rings. The standard InChI is InChI=1S/C14H16BrNO/c1-10-3-4-12(13(15)7-10)14(16-2)8-11-5-6-17-9-11/h3-7,9,14,16H,8H2,1-2H3. The minimum atomic E-state index is 0.294. The smallest absolute Gasteiger partial charge is 0.0935 e. The maximum Gasteiger partial charge on any atom is 0.0935 e. The van der Waals surface area contributed by atoms with Gasteiger partial charge in [0.2, 0.25) is 0 Å². The van der Waals surface area contributed by atoms with Gasteiger partial charge >= 0.3 is 0 Å². The number of rotatable bonds is 4. The molecule has 0 spiro atoms. The van der Waals surface area contributed by atoms with E-state index in [1.807, 2.05) is 13.1 Å². The summed E-state index contributed by atoms with van der Waals surface area (Å²) >= 11 is 3.63. The van der Waals surface area contributed by atoms with E-state index in [9.17, 15) is 0 Å². The molecule has 0 radical (unpaired) electrons. The Labute approximate surface area is 110 Å². The summed E-state index contributed by atoms with van der Waals surface area (Å²) in [6.07, 6.45) is 4.44. The van der Waals surface area contributed by atoms with Crippen molar-refractivity contribution < 1.29 is 4.42 Å². The van der Waals surface area contributed by atoms with Crippen molar-refractivity contribution in [3.8, 4) is 0 Å². The van der Waals surface area contributed by atoms with Gasteiger partial charge in [-0.25, -0.2) is 0 Å². The molecule has 1 heterocycles. The summed E-state index contributed by atoms with van der Waals surface area (Å²) < 4.78 is 6.26. The van der Waals surface area contributed by atoms with Gasteiger partial charge in [0, 0.05) is 10.5 Å². The fourth-order valence-electron chi connectivity index (χ4n) is 1.93. The second-order valence-electron chi connectivity index (χ2n) is 4.20. The summed E-state index contributed by atoms with van der Waals surface area (Å²) in [4.78, 5) is 0. The molecule has 3 heteroatoms. The van der Waals surface area contributed by atoms with Crippen LogP contribution < -0.4 is 5.32 Å². The van der Waals surface area contributed by atoms with Gasteiger partial charge in [0.15, 0.2) is 0 Å². The summed E-state index contributed by atoms with van der Waals surface area (Å²) in [6, 6.07) is 8.75. The molecule has 0 aliphatic heterocycles. The highest BCUT2D eigenvalue weighted by atomic mass is 79.9. The third-order valence-corrected chi connectivity index (χ3v) is 3.59. The largest absolute Gasteiger partial charge is 0.472 e. The fourth-order valence-corrected chi connectivity index (χ4v) is 2.70. The molecular formula is C14H16BrNO. The van der Waals surface area contributed by atoms with Crippen LogP contribution in [0.4, 0.5) is 0 Å². The molecule has 1 N–H and O–H groups in total. The van der Waals surface area contributed by atoms with E-state index in [1.54, 1.807) is 12.5 Å². The minimum Gasteiger partial charge on any atom is -0.472 e. The van der Waals surface area contributed by atoms with Gasteiger partial charge in [0.1, 0.15) is 0 Å². The molecule has 2 nitrogen and oxygen atoms in total. The van der Waals surface area contributed by atoms with Crippen molar-refractivity contribution in [2.45, 2.75) is 19.4 Å². The van der Waals surface area contributed by atoms with Gasteiger partial charge in [-0.3, -0.25) is 0 Å². The highest BCUT2D eigenvalue weighted by Gasteiger charge is 2.13. The molecule has 2 rings (SSSR count). The molecule has 1 aromatic heterocycles. The zero-order chi connectivity index (χ0) is 12.3. The van der Waals surface area contributed by atoms with Gasteiger partial charge < -0.3 is 9.73 Å². The van der Waals surface area contributed by atoms with E-state index in [2.05, 4.69) is 46.4 Å². The first-order valence-electron chi connectivity index (χ1n) is 5.65. The number of halogens is 1. The number of benzene rings is 1. The molecule has 1 atom stereocenters. The van der Waals surface area contributed by atoms with Crippen molar-refractivity contribution in [2.24, 2.45) is 0 Å². The molecule has 90 valence electrons. The lowest BCUT2D eigenvalue weighted by Crippen LogP contribution is -2.19. The van der Waals surface area contributed by atoms with Crippen LogP contribution in [0.15, 0.2) is 45.7 Å². The average Bonchev–Trinajstić information content (AvgIpc) is 2.79. The average molecular weight is 294 g/mol. The summed E-state index contributed by atoms with van der Waals surface area (Å²) in [5.74, 6) is 0. The van der Waals surface area contributed by atoms with Crippen LogP contribution in [0.25, 0.3) is 0 Å². The van der Waals surface area contributed by atoms with E-state index in [0.29, 0.717) is 6.04 Å². The predicted molar refractivity (Wildman–Crippen MR) is 73.1 cm³/mol. The molecule has 0 amide bonds. The Kier molecular flexibility index (Phi) is 4.02. The number of hydrogen-bond donors (Lipinski definition) is 1. The second-order valence-corrected chi connectivity index (χ2v) is 5.06. The molecule has 1 aromatic carbocycles. The molecule has 0 fully saturated rings. The van der Waals surface area contributed by atoms with E-state index < -0.39 is 0 Å². The van der Waals surface area contributed by atoms with Crippen molar-refractivity contribution in [3.05, 3.63) is 58.0 Å². The quantitative estimate of drug-likeness (QED) is 0.926. The van der Waals surface area contributed by atoms with Gasteiger partial charge in [0.25, 0.3) is 0 Å². The van der Waals surface area contributed by atoms with Gasteiger partial charge in [0.05, 0.1) is 12.5 Å². The third kappa shape index (κ3) is 2.99.